The summed E-state index contributed by atoms with van der Waals surface area (Å²) in [6.07, 6.45) is 4.25. The Kier molecular flexibility index (Phi) is 5.23. The van der Waals surface area contributed by atoms with Crippen LogP contribution in [-0.4, -0.2) is 11.8 Å². The minimum absolute atomic E-state index is 0.0590. The standard InChI is InChI=1S/C23H24O4/c24-22-16-8-6-9-17(22)14-19(13-16)23(25)26-15-18-7-4-5-12-21(18)27-20-10-2-1-3-11-20/h1-5,7,10-12,16-17,19H,6,8-9,13-15H2/t16-,17-/m0/s1. The van der Waals surface area contributed by atoms with Crippen LogP contribution in [0.5, 0.6) is 11.5 Å². The maximum atomic E-state index is 12.6. The minimum atomic E-state index is -0.186. The Hall–Kier alpha value is -2.62. The van der Waals surface area contributed by atoms with Crippen molar-refractivity contribution < 1.29 is 19.1 Å². The van der Waals surface area contributed by atoms with Gasteiger partial charge in [0.1, 0.15) is 23.9 Å². The lowest BCUT2D eigenvalue weighted by atomic mass is 9.67. The average molecular weight is 364 g/mol. The molecule has 0 aromatic heterocycles. The first-order valence-electron chi connectivity index (χ1n) is 9.72. The van der Waals surface area contributed by atoms with E-state index in [1.165, 1.54) is 0 Å². The van der Waals surface area contributed by atoms with Gasteiger partial charge in [-0.1, -0.05) is 42.8 Å². The van der Waals surface area contributed by atoms with E-state index in [1.54, 1.807) is 0 Å². The van der Waals surface area contributed by atoms with E-state index in [0.717, 1.165) is 30.6 Å². The predicted octanol–water partition coefficient (Wildman–Crippen LogP) is 4.92. The molecule has 0 saturated heterocycles. The van der Waals surface area contributed by atoms with E-state index < -0.39 is 0 Å². The molecule has 0 N–H and O–H groups in total. The molecule has 0 amide bonds. The fourth-order valence-corrected chi connectivity index (χ4v) is 4.28. The molecule has 4 heteroatoms. The molecule has 2 aromatic carbocycles. The molecule has 0 radical (unpaired) electrons. The summed E-state index contributed by atoms with van der Waals surface area (Å²) >= 11 is 0. The summed E-state index contributed by atoms with van der Waals surface area (Å²) in [5.74, 6) is 1.58. The number of rotatable bonds is 5. The van der Waals surface area contributed by atoms with E-state index in [0.29, 0.717) is 24.4 Å². The van der Waals surface area contributed by atoms with Crippen LogP contribution in [0, 0.1) is 17.8 Å². The van der Waals surface area contributed by atoms with Crippen molar-refractivity contribution in [1.29, 1.82) is 0 Å². The van der Waals surface area contributed by atoms with Gasteiger partial charge >= 0.3 is 5.97 Å². The number of benzene rings is 2. The van der Waals surface area contributed by atoms with E-state index in [2.05, 4.69) is 0 Å². The van der Waals surface area contributed by atoms with Crippen LogP contribution in [0.1, 0.15) is 37.7 Å². The van der Waals surface area contributed by atoms with E-state index in [-0.39, 0.29) is 30.3 Å². The number of Topliss-reactive ketones (excluding diaryl/α,β-unsaturated/α-hetero) is 1. The summed E-state index contributed by atoms with van der Waals surface area (Å²) < 4.78 is 11.5. The highest BCUT2D eigenvalue weighted by Crippen LogP contribution is 2.40. The molecule has 2 aliphatic rings. The first-order chi connectivity index (χ1) is 13.2. The highest BCUT2D eigenvalue weighted by atomic mass is 16.5. The second kappa shape index (κ2) is 7.95. The topological polar surface area (TPSA) is 52.6 Å². The van der Waals surface area contributed by atoms with Crippen molar-refractivity contribution in [2.45, 2.75) is 38.7 Å². The van der Waals surface area contributed by atoms with Crippen LogP contribution in [0.3, 0.4) is 0 Å². The van der Waals surface area contributed by atoms with E-state index in [9.17, 15) is 9.59 Å². The molecule has 2 aliphatic carbocycles. The highest BCUT2D eigenvalue weighted by Gasteiger charge is 2.41. The van der Waals surface area contributed by atoms with Gasteiger partial charge in [0.05, 0.1) is 5.92 Å². The summed E-state index contributed by atoms with van der Waals surface area (Å²) in [6, 6.07) is 17.1. The summed E-state index contributed by atoms with van der Waals surface area (Å²) in [5, 5.41) is 0. The summed E-state index contributed by atoms with van der Waals surface area (Å²) in [7, 11) is 0. The quantitative estimate of drug-likeness (QED) is 0.707. The fourth-order valence-electron chi connectivity index (χ4n) is 4.28. The molecule has 0 heterocycles. The van der Waals surface area contributed by atoms with Crippen molar-refractivity contribution in [2.75, 3.05) is 0 Å². The van der Waals surface area contributed by atoms with Crippen LogP contribution in [0.15, 0.2) is 54.6 Å². The maximum Gasteiger partial charge on any atom is 0.309 e. The molecule has 140 valence electrons. The number of hydrogen-bond acceptors (Lipinski definition) is 4. The van der Waals surface area contributed by atoms with Gasteiger partial charge in [-0.05, 0) is 43.9 Å². The maximum absolute atomic E-state index is 12.6. The van der Waals surface area contributed by atoms with Crippen LogP contribution in [0.4, 0.5) is 0 Å². The van der Waals surface area contributed by atoms with E-state index in [1.807, 2.05) is 54.6 Å². The van der Waals surface area contributed by atoms with Gasteiger partial charge in [-0.3, -0.25) is 9.59 Å². The van der Waals surface area contributed by atoms with Gasteiger partial charge < -0.3 is 9.47 Å². The van der Waals surface area contributed by atoms with Gasteiger partial charge in [-0.2, -0.15) is 0 Å². The SMILES string of the molecule is O=C(OCc1ccccc1Oc1ccccc1)C1C[C@@H]2CCC[C@@H](C1)C2=O. The lowest BCUT2D eigenvalue weighted by Gasteiger charge is -2.36. The third-order valence-electron chi connectivity index (χ3n) is 5.69. The van der Waals surface area contributed by atoms with Gasteiger partial charge in [0.2, 0.25) is 0 Å². The summed E-state index contributed by atoms with van der Waals surface area (Å²) in [5.41, 5.74) is 0.835. The second-order valence-electron chi connectivity index (χ2n) is 7.53. The van der Waals surface area contributed by atoms with Crippen LogP contribution in [-0.2, 0) is 20.9 Å². The zero-order valence-electron chi connectivity index (χ0n) is 15.3. The largest absolute Gasteiger partial charge is 0.460 e. The Balaban J connectivity index is 1.39. The van der Waals surface area contributed by atoms with Gasteiger partial charge in [0, 0.05) is 17.4 Å². The smallest absolute Gasteiger partial charge is 0.309 e. The third-order valence-corrected chi connectivity index (χ3v) is 5.69. The third kappa shape index (κ3) is 4.05. The van der Waals surface area contributed by atoms with Crippen molar-refractivity contribution in [3.63, 3.8) is 0 Å². The van der Waals surface area contributed by atoms with E-state index >= 15 is 0 Å². The normalized spacial score (nSPS) is 24.3. The number of para-hydroxylation sites is 2. The molecule has 2 aromatic rings. The molecule has 4 rings (SSSR count). The molecule has 2 atom stereocenters. The average Bonchev–Trinajstić information content (AvgIpc) is 2.68. The number of fused-ring (bicyclic) bond motifs is 2. The Morgan fingerprint density at radius 1 is 0.926 bits per heavy atom. The number of ether oxygens (including phenoxy) is 2. The lowest BCUT2D eigenvalue weighted by molar-refractivity contribution is -0.154. The zero-order valence-corrected chi connectivity index (χ0v) is 15.3. The number of carbonyl (C=O) groups is 2. The summed E-state index contributed by atoms with van der Waals surface area (Å²) in [6.45, 7) is 0.182. The summed E-state index contributed by atoms with van der Waals surface area (Å²) in [4.78, 5) is 24.8. The van der Waals surface area contributed by atoms with Crippen LogP contribution in [0.2, 0.25) is 0 Å². The number of carbonyl (C=O) groups excluding carboxylic acids is 2. The minimum Gasteiger partial charge on any atom is -0.460 e. The molecule has 2 fully saturated rings. The number of hydrogen-bond donors (Lipinski definition) is 0. The molecule has 0 unspecified atom stereocenters. The van der Waals surface area contributed by atoms with Gasteiger partial charge in [0.25, 0.3) is 0 Å². The van der Waals surface area contributed by atoms with Crippen molar-refractivity contribution >= 4 is 11.8 Å². The molecular weight excluding hydrogens is 340 g/mol. The Labute approximate surface area is 159 Å². The monoisotopic (exact) mass is 364 g/mol. The van der Waals surface area contributed by atoms with Crippen LogP contribution < -0.4 is 4.74 Å². The Morgan fingerprint density at radius 2 is 1.59 bits per heavy atom. The first kappa shape index (κ1) is 17.8. The van der Waals surface area contributed by atoms with Crippen molar-refractivity contribution in [3.05, 3.63) is 60.2 Å². The molecule has 4 nitrogen and oxygen atoms in total. The van der Waals surface area contributed by atoms with Gasteiger partial charge in [-0.25, -0.2) is 0 Å². The van der Waals surface area contributed by atoms with Crippen molar-refractivity contribution in [1.82, 2.24) is 0 Å². The number of ketones is 1. The second-order valence-corrected chi connectivity index (χ2v) is 7.53. The molecule has 0 spiro atoms. The van der Waals surface area contributed by atoms with Gasteiger partial charge in [0.15, 0.2) is 0 Å². The first-order valence-corrected chi connectivity index (χ1v) is 9.72. The predicted molar refractivity (Wildman–Crippen MR) is 101 cm³/mol. The van der Waals surface area contributed by atoms with Crippen LogP contribution in [0.25, 0.3) is 0 Å². The van der Waals surface area contributed by atoms with E-state index in [4.69, 9.17) is 9.47 Å². The number of esters is 1. The van der Waals surface area contributed by atoms with Crippen molar-refractivity contribution in [3.8, 4) is 11.5 Å². The zero-order chi connectivity index (χ0) is 18.6. The highest BCUT2D eigenvalue weighted by molar-refractivity contribution is 5.87. The Morgan fingerprint density at radius 3 is 2.33 bits per heavy atom. The van der Waals surface area contributed by atoms with Gasteiger partial charge in [-0.15, -0.1) is 0 Å². The van der Waals surface area contributed by atoms with Crippen molar-refractivity contribution in [2.24, 2.45) is 17.8 Å². The molecule has 0 aliphatic heterocycles. The van der Waals surface area contributed by atoms with Crippen LogP contribution >= 0.6 is 0 Å². The fraction of sp³-hybridized carbons (Fsp3) is 0.391. The molecular formula is C23H24O4. The Bertz CT molecular complexity index is 798. The molecule has 2 saturated carbocycles. The lowest BCUT2D eigenvalue weighted by Crippen LogP contribution is -2.39. The molecule has 2 bridgehead atoms. The molecule has 27 heavy (non-hydrogen) atoms.